The largest absolute Gasteiger partial charge is 0.345 e. The Morgan fingerprint density at radius 3 is 2.91 bits per heavy atom. The number of aromatic amines is 1. The summed E-state index contributed by atoms with van der Waals surface area (Å²) >= 11 is 3.56. The maximum atomic E-state index is 4.75. The molecule has 112 valence electrons. The highest BCUT2D eigenvalue weighted by Gasteiger charge is 2.26. The molecule has 1 fully saturated rings. The van der Waals surface area contributed by atoms with Crippen molar-refractivity contribution in [1.29, 1.82) is 0 Å². The Kier molecular flexibility index (Phi) is 2.76. The van der Waals surface area contributed by atoms with E-state index in [4.69, 9.17) is 4.98 Å². The summed E-state index contributed by atoms with van der Waals surface area (Å²) in [5.74, 6) is 1.33. The van der Waals surface area contributed by atoms with Gasteiger partial charge in [-0.3, -0.25) is 4.98 Å². The molecule has 0 aliphatic heterocycles. The van der Waals surface area contributed by atoms with Crippen LogP contribution in [0.1, 0.15) is 24.3 Å². The molecule has 1 aliphatic carbocycles. The first-order chi connectivity index (χ1) is 11.3. The van der Waals surface area contributed by atoms with Gasteiger partial charge in [0.15, 0.2) is 5.82 Å². The fourth-order valence-corrected chi connectivity index (χ4v) is 3.54. The van der Waals surface area contributed by atoms with Gasteiger partial charge in [-0.1, -0.05) is 0 Å². The molecule has 1 N–H and O–H groups in total. The maximum absolute atomic E-state index is 4.75. The third-order valence-electron chi connectivity index (χ3n) is 4.32. The zero-order valence-electron chi connectivity index (χ0n) is 12.1. The maximum Gasteiger partial charge on any atom is 0.160 e. The molecule has 0 amide bonds. The summed E-state index contributed by atoms with van der Waals surface area (Å²) in [6.45, 7) is 0. The quantitative estimate of drug-likeness (QED) is 0.577. The zero-order chi connectivity index (χ0) is 15.4. The Morgan fingerprint density at radius 2 is 2.04 bits per heavy atom. The topological polar surface area (TPSA) is 67.3 Å². The normalized spacial score (nSPS) is 14.7. The van der Waals surface area contributed by atoms with Gasteiger partial charge >= 0.3 is 0 Å². The third-order valence-corrected chi connectivity index (χ3v) is 4.95. The standard InChI is InChI=1S/C17H12BrN5/c18-13-7-22-17-15(13)10(3-4-20-17)16-21-6-12-11(9-1-2-9)5-19-8-14(12)23-16/h3-9H,1-2H2,(H,20,22). The number of nitrogens with one attached hydrogen (secondary N) is 1. The summed E-state index contributed by atoms with van der Waals surface area (Å²) < 4.78 is 0.962. The molecule has 5 nitrogen and oxygen atoms in total. The smallest absolute Gasteiger partial charge is 0.160 e. The second kappa shape index (κ2) is 4.83. The SMILES string of the molecule is Brc1c[nH]c2nccc(-c3ncc4c(C5CC5)cncc4n3)c12. The van der Waals surface area contributed by atoms with Gasteiger partial charge in [0.05, 0.1) is 11.7 Å². The lowest BCUT2D eigenvalue weighted by Gasteiger charge is -2.07. The highest BCUT2D eigenvalue weighted by atomic mass is 79.9. The molecule has 0 unspecified atom stereocenters. The predicted octanol–water partition coefficient (Wildman–Crippen LogP) is 4.21. The third kappa shape index (κ3) is 2.05. The van der Waals surface area contributed by atoms with E-state index in [1.165, 1.54) is 18.4 Å². The van der Waals surface area contributed by atoms with Crippen LogP contribution in [0.4, 0.5) is 0 Å². The van der Waals surface area contributed by atoms with E-state index in [1.54, 1.807) is 6.20 Å². The number of hydrogen-bond donors (Lipinski definition) is 1. The molecule has 0 aromatic carbocycles. The van der Waals surface area contributed by atoms with Crippen molar-refractivity contribution in [3.8, 4) is 11.4 Å². The molecule has 23 heavy (non-hydrogen) atoms. The van der Waals surface area contributed by atoms with Crippen molar-refractivity contribution in [2.75, 3.05) is 0 Å². The number of rotatable bonds is 2. The minimum absolute atomic E-state index is 0.632. The van der Waals surface area contributed by atoms with Crippen LogP contribution in [0, 0.1) is 0 Å². The molecule has 4 aromatic rings. The van der Waals surface area contributed by atoms with Gasteiger partial charge in [0.1, 0.15) is 5.65 Å². The molecule has 0 radical (unpaired) electrons. The van der Waals surface area contributed by atoms with Crippen LogP contribution in [-0.4, -0.2) is 24.9 Å². The van der Waals surface area contributed by atoms with Gasteiger partial charge in [-0.2, -0.15) is 0 Å². The van der Waals surface area contributed by atoms with Crippen LogP contribution in [0.3, 0.4) is 0 Å². The molecule has 0 saturated heterocycles. The van der Waals surface area contributed by atoms with E-state index in [0.717, 1.165) is 32.0 Å². The Morgan fingerprint density at radius 1 is 1.13 bits per heavy atom. The highest BCUT2D eigenvalue weighted by molar-refractivity contribution is 9.10. The average molecular weight is 366 g/mol. The van der Waals surface area contributed by atoms with E-state index in [1.807, 2.05) is 30.9 Å². The number of aromatic nitrogens is 5. The fourth-order valence-electron chi connectivity index (χ4n) is 3.03. The number of hydrogen-bond acceptors (Lipinski definition) is 4. The molecular weight excluding hydrogens is 354 g/mol. The van der Waals surface area contributed by atoms with Gasteiger partial charge in [0, 0.05) is 45.6 Å². The second-order valence-electron chi connectivity index (χ2n) is 5.85. The fraction of sp³-hybridized carbons (Fsp3) is 0.176. The number of pyridine rings is 2. The van der Waals surface area contributed by atoms with Crippen LogP contribution in [-0.2, 0) is 0 Å². The number of nitrogens with zero attached hydrogens (tertiary/aromatic N) is 4. The van der Waals surface area contributed by atoms with E-state index in [-0.39, 0.29) is 0 Å². The van der Waals surface area contributed by atoms with Gasteiger partial charge < -0.3 is 4.98 Å². The lowest BCUT2D eigenvalue weighted by atomic mass is 10.1. The summed E-state index contributed by atoms with van der Waals surface area (Å²) in [5.41, 5.74) is 3.96. The van der Waals surface area contributed by atoms with Crippen molar-refractivity contribution in [3.63, 3.8) is 0 Å². The van der Waals surface area contributed by atoms with Gasteiger partial charge in [-0.05, 0) is 46.3 Å². The minimum Gasteiger partial charge on any atom is -0.345 e. The first-order valence-corrected chi connectivity index (χ1v) is 8.33. The highest BCUT2D eigenvalue weighted by Crippen LogP contribution is 2.42. The van der Waals surface area contributed by atoms with Crippen LogP contribution >= 0.6 is 15.9 Å². The van der Waals surface area contributed by atoms with E-state index >= 15 is 0 Å². The number of halogens is 1. The Balaban J connectivity index is 1.75. The van der Waals surface area contributed by atoms with Crippen molar-refractivity contribution >= 4 is 37.9 Å². The molecule has 0 spiro atoms. The van der Waals surface area contributed by atoms with Crippen molar-refractivity contribution in [1.82, 2.24) is 24.9 Å². The zero-order valence-corrected chi connectivity index (χ0v) is 13.7. The van der Waals surface area contributed by atoms with Crippen LogP contribution in [0.5, 0.6) is 0 Å². The van der Waals surface area contributed by atoms with Gasteiger partial charge in [0.25, 0.3) is 0 Å². The van der Waals surface area contributed by atoms with Crippen LogP contribution in [0.15, 0.2) is 41.5 Å². The molecule has 4 aromatic heterocycles. The summed E-state index contributed by atoms with van der Waals surface area (Å²) in [6.07, 6.45) is 11.8. The van der Waals surface area contributed by atoms with Gasteiger partial charge in [-0.25, -0.2) is 15.0 Å². The first-order valence-electron chi connectivity index (χ1n) is 7.54. The van der Waals surface area contributed by atoms with Crippen molar-refractivity contribution in [2.24, 2.45) is 0 Å². The summed E-state index contributed by atoms with van der Waals surface area (Å²) in [7, 11) is 0. The Bertz CT molecular complexity index is 1050. The summed E-state index contributed by atoms with van der Waals surface area (Å²) in [5, 5.41) is 2.11. The van der Waals surface area contributed by atoms with E-state index in [9.17, 15) is 0 Å². The van der Waals surface area contributed by atoms with Crippen LogP contribution < -0.4 is 0 Å². The monoisotopic (exact) mass is 365 g/mol. The molecule has 5 rings (SSSR count). The molecule has 1 aliphatic rings. The molecule has 4 heterocycles. The van der Waals surface area contributed by atoms with Crippen molar-refractivity contribution < 1.29 is 0 Å². The second-order valence-corrected chi connectivity index (χ2v) is 6.70. The van der Waals surface area contributed by atoms with Crippen molar-refractivity contribution in [2.45, 2.75) is 18.8 Å². The number of H-pyrrole nitrogens is 1. The molecule has 1 saturated carbocycles. The predicted molar refractivity (Wildman–Crippen MR) is 92.1 cm³/mol. The molecule has 6 heteroatoms. The first kappa shape index (κ1) is 13.1. The lowest BCUT2D eigenvalue weighted by molar-refractivity contribution is 1.10. The summed E-state index contributed by atoms with van der Waals surface area (Å²) in [6, 6.07) is 1.94. The van der Waals surface area contributed by atoms with E-state index < -0.39 is 0 Å². The van der Waals surface area contributed by atoms with Crippen LogP contribution in [0.2, 0.25) is 0 Å². The number of fused-ring (bicyclic) bond motifs is 2. The van der Waals surface area contributed by atoms with Gasteiger partial charge in [0.2, 0.25) is 0 Å². The van der Waals surface area contributed by atoms with Gasteiger partial charge in [-0.15, -0.1) is 0 Å². The average Bonchev–Trinajstić information content (AvgIpc) is 3.37. The van der Waals surface area contributed by atoms with E-state index in [2.05, 4.69) is 35.9 Å². The lowest BCUT2D eigenvalue weighted by Crippen LogP contribution is -1.94. The van der Waals surface area contributed by atoms with E-state index in [0.29, 0.717) is 11.7 Å². The Labute approximate surface area is 140 Å². The molecule has 0 atom stereocenters. The molecule has 0 bridgehead atoms. The van der Waals surface area contributed by atoms with Crippen LogP contribution in [0.25, 0.3) is 33.3 Å². The Hall–Kier alpha value is -2.34. The minimum atomic E-state index is 0.632. The summed E-state index contributed by atoms with van der Waals surface area (Å²) in [4.78, 5) is 21.2. The van der Waals surface area contributed by atoms with Crippen molar-refractivity contribution in [3.05, 3.63) is 47.1 Å². The molecular formula is C17H12BrN5.